The first-order valence-electron chi connectivity index (χ1n) is 9.57. The van der Waals surface area contributed by atoms with Crippen molar-refractivity contribution in [3.63, 3.8) is 0 Å². The normalized spacial score (nSPS) is 15.7. The average Bonchev–Trinajstić information content (AvgIpc) is 3.47. The van der Waals surface area contributed by atoms with Gasteiger partial charge in [0.2, 0.25) is 0 Å². The SMILES string of the molecule is O=C(NN=C(c1ccccc1)c1ccccc1)C1CCCN1C(=O)c1ccco1. The van der Waals surface area contributed by atoms with Gasteiger partial charge in [0.1, 0.15) is 6.04 Å². The minimum absolute atomic E-state index is 0.238. The number of hydrogen-bond acceptors (Lipinski definition) is 4. The van der Waals surface area contributed by atoms with Crippen LogP contribution in [0.5, 0.6) is 0 Å². The molecule has 1 unspecified atom stereocenters. The van der Waals surface area contributed by atoms with E-state index in [1.165, 1.54) is 6.26 Å². The van der Waals surface area contributed by atoms with E-state index in [1.807, 2.05) is 60.7 Å². The van der Waals surface area contributed by atoms with Crippen molar-refractivity contribution in [3.05, 3.63) is 95.9 Å². The number of amides is 2. The molecule has 0 bridgehead atoms. The van der Waals surface area contributed by atoms with Gasteiger partial charge < -0.3 is 9.32 Å². The van der Waals surface area contributed by atoms with Crippen molar-refractivity contribution in [2.45, 2.75) is 18.9 Å². The first-order valence-corrected chi connectivity index (χ1v) is 9.57. The fourth-order valence-electron chi connectivity index (χ4n) is 3.50. The summed E-state index contributed by atoms with van der Waals surface area (Å²) in [5.74, 6) is -0.336. The molecule has 1 aliphatic rings. The summed E-state index contributed by atoms with van der Waals surface area (Å²) >= 11 is 0. The number of carbonyl (C=O) groups is 2. The summed E-state index contributed by atoms with van der Waals surface area (Å²) in [6, 6.07) is 22.1. The van der Waals surface area contributed by atoms with Gasteiger partial charge in [-0.2, -0.15) is 5.10 Å². The van der Waals surface area contributed by atoms with Gasteiger partial charge >= 0.3 is 0 Å². The molecule has 0 saturated carbocycles. The zero-order valence-electron chi connectivity index (χ0n) is 15.8. The van der Waals surface area contributed by atoms with Gasteiger partial charge in [0.25, 0.3) is 11.8 Å². The van der Waals surface area contributed by atoms with E-state index >= 15 is 0 Å². The molecule has 1 fully saturated rings. The van der Waals surface area contributed by atoms with Crippen molar-refractivity contribution < 1.29 is 14.0 Å². The molecule has 6 heteroatoms. The number of rotatable bonds is 5. The van der Waals surface area contributed by atoms with Crippen LogP contribution in [0.4, 0.5) is 0 Å². The van der Waals surface area contributed by atoms with Crippen LogP contribution in [0.2, 0.25) is 0 Å². The van der Waals surface area contributed by atoms with Gasteiger partial charge in [-0.25, -0.2) is 5.43 Å². The molecule has 146 valence electrons. The average molecular weight is 387 g/mol. The maximum atomic E-state index is 12.9. The summed E-state index contributed by atoms with van der Waals surface area (Å²) in [4.78, 5) is 27.0. The number of hydrazone groups is 1. The highest BCUT2D eigenvalue weighted by Gasteiger charge is 2.35. The molecule has 2 heterocycles. The van der Waals surface area contributed by atoms with E-state index < -0.39 is 6.04 Å². The van der Waals surface area contributed by atoms with Gasteiger partial charge in [0.15, 0.2) is 5.76 Å². The quantitative estimate of drug-likeness (QED) is 0.538. The summed E-state index contributed by atoms with van der Waals surface area (Å²) in [7, 11) is 0. The molecule has 1 atom stereocenters. The zero-order chi connectivity index (χ0) is 20.1. The predicted octanol–water partition coefficient (Wildman–Crippen LogP) is 3.45. The van der Waals surface area contributed by atoms with Crippen molar-refractivity contribution in [2.24, 2.45) is 5.10 Å². The van der Waals surface area contributed by atoms with Crippen LogP contribution in [0.15, 0.2) is 88.6 Å². The van der Waals surface area contributed by atoms with Crippen LogP contribution in [-0.4, -0.2) is 35.0 Å². The van der Waals surface area contributed by atoms with E-state index in [1.54, 1.807) is 17.0 Å². The second kappa shape index (κ2) is 8.56. The van der Waals surface area contributed by atoms with Crippen LogP contribution in [0, 0.1) is 0 Å². The Morgan fingerprint density at radius 3 is 2.17 bits per heavy atom. The molecular weight excluding hydrogens is 366 g/mol. The maximum Gasteiger partial charge on any atom is 0.290 e. The lowest BCUT2D eigenvalue weighted by molar-refractivity contribution is -0.124. The Labute approximate surface area is 168 Å². The van der Waals surface area contributed by atoms with E-state index in [0.29, 0.717) is 18.7 Å². The summed E-state index contributed by atoms with van der Waals surface area (Å²) < 4.78 is 5.20. The lowest BCUT2D eigenvalue weighted by atomic mass is 10.0. The van der Waals surface area contributed by atoms with Crippen LogP contribution in [0.1, 0.15) is 34.5 Å². The molecule has 29 heavy (non-hydrogen) atoms. The molecular formula is C23H21N3O3. The summed E-state index contributed by atoms with van der Waals surface area (Å²) in [5.41, 5.74) is 5.14. The molecule has 0 aliphatic carbocycles. The molecule has 2 aromatic carbocycles. The largest absolute Gasteiger partial charge is 0.459 e. The van der Waals surface area contributed by atoms with E-state index in [4.69, 9.17) is 4.42 Å². The third kappa shape index (κ3) is 4.11. The number of nitrogens with zero attached hydrogens (tertiary/aromatic N) is 2. The van der Waals surface area contributed by atoms with Crippen LogP contribution in [0.3, 0.4) is 0 Å². The van der Waals surface area contributed by atoms with Gasteiger partial charge in [-0.1, -0.05) is 60.7 Å². The van der Waals surface area contributed by atoms with E-state index in [9.17, 15) is 9.59 Å². The number of hydrogen-bond donors (Lipinski definition) is 1. The number of likely N-dealkylation sites (tertiary alicyclic amines) is 1. The first kappa shape index (κ1) is 18.7. The fraction of sp³-hybridized carbons (Fsp3) is 0.174. The third-order valence-corrected chi connectivity index (χ3v) is 4.92. The minimum atomic E-state index is -0.566. The highest BCUT2D eigenvalue weighted by atomic mass is 16.3. The molecule has 0 spiro atoms. The van der Waals surface area contributed by atoms with Gasteiger partial charge in [-0.15, -0.1) is 0 Å². The standard InChI is InChI=1S/C23H21N3O3/c27-22(19-13-7-15-26(19)23(28)20-14-8-16-29-20)25-24-21(17-9-3-1-4-10-17)18-11-5-2-6-12-18/h1-6,8-12,14,16,19H,7,13,15H2,(H,25,27). The molecule has 1 N–H and O–H groups in total. The van der Waals surface area contributed by atoms with Crippen molar-refractivity contribution in [3.8, 4) is 0 Å². The van der Waals surface area contributed by atoms with Crippen molar-refractivity contribution in [1.29, 1.82) is 0 Å². The Hall–Kier alpha value is -3.67. The lowest BCUT2D eigenvalue weighted by Gasteiger charge is -2.22. The highest BCUT2D eigenvalue weighted by molar-refractivity contribution is 6.13. The van der Waals surface area contributed by atoms with Crippen molar-refractivity contribution in [2.75, 3.05) is 6.54 Å². The molecule has 6 nitrogen and oxygen atoms in total. The smallest absolute Gasteiger partial charge is 0.290 e. The number of nitrogens with one attached hydrogen (secondary N) is 1. The Balaban J connectivity index is 1.55. The molecule has 1 saturated heterocycles. The Morgan fingerprint density at radius 1 is 0.931 bits per heavy atom. The number of carbonyl (C=O) groups excluding carboxylic acids is 2. The topological polar surface area (TPSA) is 74.9 Å². The van der Waals surface area contributed by atoms with E-state index in [-0.39, 0.29) is 17.6 Å². The van der Waals surface area contributed by atoms with Gasteiger partial charge in [0.05, 0.1) is 12.0 Å². The van der Waals surface area contributed by atoms with Crippen molar-refractivity contribution in [1.82, 2.24) is 10.3 Å². The van der Waals surface area contributed by atoms with Crippen LogP contribution < -0.4 is 5.43 Å². The predicted molar refractivity (Wildman–Crippen MR) is 109 cm³/mol. The molecule has 4 rings (SSSR count). The van der Waals surface area contributed by atoms with Gasteiger partial charge in [-0.05, 0) is 25.0 Å². The summed E-state index contributed by atoms with van der Waals surface area (Å²) in [6.45, 7) is 0.519. The molecule has 3 aromatic rings. The summed E-state index contributed by atoms with van der Waals surface area (Å²) in [6.07, 6.45) is 2.81. The van der Waals surface area contributed by atoms with Crippen LogP contribution in [-0.2, 0) is 4.79 Å². The molecule has 2 amide bonds. The Kier molecular flexibility index (Phi) is 5.52. The maximum absolute atomic E-state index is 12.9. The summed E-state index contributed by atoms with van der Waals surface area (Å²) in [5, 5.41) is 4.42. The highest BCUT2D eigenvalue weighted by Crippen LogP contribution is 2.21. The van der Waals surface area contributed by atoms with Crippen LogP contribution in [0.25, 0.3) is 0 Å². The number of benzene rings is 2. The molecule has 0 radical (unpaired) electrons. The van der Waals surface area contributed by atoms with E-state index in [2.05, 4.69) is 10.5 Å². The third-order valence-electron chi connectivity index (χ3n) is 4.92. The number of furan rings is 1. The second-order valence-electron chi connectivity index (χ2n) is 6.80. The second-order valence-corrected chi connectivity index (χ2v) is 6.80. The van der Waals surface area contributed by atoms with Crippen LogP contribution >= 0.6 is 0 Å². The molecule has 1 aromatic heterocycles. The Morgan fingerprint density at radius 2 is 1.59 bits per heavy atom. The zero-order valence-corrected chi connectivity index (χ0v) is 15.8. The monoisotopic (exact) mass is 387 g/mol. The first-order chi connectivity index (χ1) is 14.2. The van der Waals surface area contributed by atoms with Gasteiger partial charge in [-0.3, -0.25) is 9.59 Å². The minimum Gasteiger partial charge on any atom is -0.459 e. The van der Waals surface area contributed by atoms with E-state index in [0.717, 1.165) is 17.5 Å². The van der Waals surface area contributed by atoms with Gasteiger partial charge in [0, 0.05) is 17.7 Å². The molecule has 1 aliphatic heterocycles. The fourth-order valence-corrected chi connectivity index (χ4v) is 3.50. The van der Waals surface area contributed by atoms with Crippen molar-refractivity contribution >= 4 is 17.5 Å². The lowest BCUT2D eigenvalue weighted by Crippen LogP contribution is -2.44. The Bertz CT molecular complexity index is 957.